The van der Waals surface area contributed by atoms with Gasteiger partial charge in [-0.15, -0.1) is 11.8 Å². The SMILES string of the molecule is COc1cc(CNC(=O)CSCC(=O)Nc2cccc(C)c2)ccc1OCC(N)=O. The number of aryl methyl sites for hydroxylation is 1. The molecule has 2 aromatic carbocycles. The van der Waals surface area contributed by atoms with E-state index in [1.54, 1.807) is 18.2 Å². The molecule has 0 aliphatic heterocycles. The molecule has 0 saturated carbocycles. The summed E-state index contributed by atoms with van der Waals surface area (Å²) in [5.41, 5.74) is 7.66. The highest BCUT2D eigenvalue weighted by atomic mass is 32.2. The minimum absolute atomic E-state index is 0.158. The number of ether oxygens (including phenoxy) is 2. The van der Waals surface area contributed by atoms with Crippen molar-refractivity contribution >= 4 is 35.2 Å². The van der Waals surface area contributed by atoms with Crippen molar-refractivity contribution in [3.05, 3.63) is 53.6 Å². The van der Waals surface area contributed by atoms with Gasteiger partial charge in [-0.2, -0.15) is 0 Å². The number of carbonyl (C=O) groups is 3. The van der Waals surface area contributed by atoms with Crippen LogP contribution in [-0.2, 0) is 20.9 Å². The minimum atomic E-state index is -0.585. The van der Waals surface area contributed by atoms with Gasteiger partial charge in [0.1, 0.15) is 0 Å². The monoisotopic (exact) mass is 431 g/mol. The first-order valence-corrected chi connectivity index (χ1v) is 10.3. The van der Waals surface area contributed by atoms with Crippen LogP contribution in [0.4, 0.5) is 5.69 Å². The van der Waals surface area contributed by atoms with Crippen LogP contribution in [0.1, 0.15) is 11.1 Å². The Bertz CT molecular complexity index is 904. The second-order valence-corrected chi connectivity index (χ2v) is 7.41. The van der Waals surface area contributed by atoms with E-state index < -0.39 is 5.91 Å². The summed E-state index contributed by atoms with van der Waals surface area (Å²) in [7, 11) is 1.48. The van der Waals surface area contributed by atoms with Gasteiger partial charge in [0, 0.05) is 12.2 Å². The summed E-state index contributed by atoms with van der Waals surface area (Å²) in [5.74, 6) is 0.246. The van der Waals surface area contributed by atoms with Gasteiger partial charge in [0.15, 0.2) is 18.1 Å². The van der Waals surface area contributed by atoms with E-state index in [0.29, 0.717) is 18.0 Å². The molecule has 0 heterocycles. The fraction of sp³-hybridized carbons (Fsp3) is 0.286. The van der Waals surface area contributed by atoms with Crippen LogP contribution in [0.5, 0.6) is 11.5 Å². The zero-order valence-corrected chi connectivity index (χ0v) is 17.7. The lowest BCUT2D eigenvalue weighted by atomic mass is 10.2. The fourth-order valence-corrected chi connectivity index (χ4v) is 3.15. The molecule has 0 unspecified atom stereocenters. The number of carbonyl (C=O) groups excluding carboxylic acids is 3. The quantitative estimate of drug-likeness (QED) is 0.500. The second-order valence-electron chi connectivity index (χ2n) is 6.43. The Labute approximate surface area is 179 Å². The van der Waals surface area contributed by atoms with Crippen molar-refractivity contribution in [2.75, 3.05) is 30.5 Å². The average molecular weight is 432 g/mol. The van der Waals surface area contributed by atoms with Gasteiger partial charge in [0.2, 0.25) is 11.8 Å². The number of methoxy groups -OCH3 is 1. The lowest BCUT2D eigenvalue weighted by Gasteiger charge is -2.12. The summed E-state index contributed by atoms with van der Waals surface area (Å²) in [5, 5.41) is 5.59. The van der Waals surface area contributed by atoms with E-state index in [1.165, 1.54) is 18.9 Å². The molecule has 0 aromatic heterocycles. The number of benzene rings is 2. The fourth-order valence-electron chi connectivity index (χ4n) is 2.50. The Kier molecular flexibility index (Phi) is 9.02. The molecule has 0 aliphatic carbocycles. The molecule has 0 radical (unpaired) electrons. The Morgan fingerprint density at radius 2 is 1.80 bits per heavy atom. The molecule has 0 saturated heterocycles. The van der Waals surface area contributed by atoms with Crippen LogP contribution in [-0.4, -0.2) is 42.9 Å². The van der Waals surface area contributed by atoms with Gasteiger partial charge in [-0.05, 0) is 42.3 Å². The smallest absolute Gasteiger partial charge is 0.255 e. The maximum absolute atomic E-state index is 12.0. The molecule has 160 valence electrons. The van der Waals surface area contributed by atoms with E-state index >= 15 is 0 Å². The first-order chi connectivity index (χ1) is 14.4. The molecule has 0 atom stereocenters. The lowest BCUT2D eigenvalue weighted by Crippen LogP contribution is -2.25. The standard InChI is InChI=1S/C21H25N3O5S/c1-14-4-3-5-16(8-14)24-21(27)13-30-12-20(26)23-10-15-6-7-17(18(9-15)28-2)29-11-19(22)25/h3-9H,10-13H2,1-2H3,(H2,22,25)(H,23,26)(H,24,27). The topological polar surface area (TPSA) is 120 Å². The zero-order chi connectivity index (χ0) is 21.9. The third kappa shape index (κ3) is 8.04. The number of thioether (sulfide) groups is 1. The van der Waals surface area contributed by atoms with E-state index in [4.69, 9.17) is 15.2 Å². The number of nitrogens with two attached hydrogens (primary N) is 1. The molecule has 0 fully saturated rings. The highest BCUT2D eigenvalue weighted by Crippen LogP contribution is 2.28. The molecule has 30 heavy (non-hydrogen) atoms. The number of primary amides is 1. The first-order valence-electron chi connectivity index (χ1n) is 9.16. The Balaban J connectivity index is 1.73. The number of rotatable bonds is 11. The molecular formula is C21H25N3O5S. The number of amides is 3. The van der Waals surface area contributed by atoms with Crippen LogP contribution < -0.4 is 25.8 Å². The van der Waals surface area contributed by atoms with Crippen LogP contribution in [0.15, 0.2) is 42.5 Å². The van der Waals surface area contributed by atoms with Crippen molar-refractivity contribution in [3.63, 3.8) is 0 Å². The van der Waals surface area contributed by atoms with Gasteiger partial charge in [-0.1, -0.05) is 18.2 Å². The Morgan fingerprint density at radius 3 is 2.50 bits per heavy atom. The molecule has 2 aromatic rings. The summed E-state index contributed by atoms with van der Waals surface area (Å²) in [6, 6.07) is 12.6. The largest absolute Gasteiger partial charge is 0.493 e. The highest BCUT2D eigenvalue weighted by molar-refractivity contribution is 8.00. The van der Waals surface area contributed by atoms with Gasteiger partial charge in [-0.25, -0.2) is 0 Å². The number of hydrogen-bond acceptors (Lipinski definition) is 6. The zero-order valence-electron chi connectivity index (χ0n) is 16.9. The second kappa shape index (κ2) is 11.7. The van der Waals surface area contributed by atoms with Crippen LogP contribution in [0.25, 0.3) is 0 Å². The van der Waals surface area contributed by atoms with Crippen LogP contribution >= 0.6 is 11.8 Å². The van der Waals surface area contributed by atoms with Gasteiger partial charge in [0.05, 0.1) is 18.6 Å². The number of hydrogen-bond donors (Lipinski definition) is 3. The summed E-state index contributed by atoms with van der Waals surface area (Å²) in [6.45, 7) is 1.99. The molecular weight excluding hydrogens is 406 g/mol. The van der Waals surface area contributed by atoms with Gasteiger partial charge in [-0.3, -0.25) is 14.4 Å². The van der Waals surface area contributed by atoms with Crippen molar-refractivity contribution in [3.8, 4) is 11.5 Å². The van der Waals surface area contributed by atoms with Crippen molar-refractivity contribution in [1.29, 1.82) is 0 Å². The van der Waals surface area contributed by atoms with Crippen LogP contribution in [0, 0.1) is 6.92 Å². The van der Waals surface area contributed by atoms with E-state index in [2.05, 4.69) is 10.6 Å². The minimum Gasteiger partial charge on any atom is -0.493 e. The third-order valence-electron chi connectivity index (χ3n) is 3.86. The molecule has 0 spiro atoms. The van der Waals surface area contributed by atoms with Gasteiger partial charge in [0.25, 0.3) is 5.91 Å². The van der Waals surface area contributed by atoms with E-state index in [1.807, 2.05) is 31.2 Å². The Morgan fingerprint density at radius 1 is 1.03 bits per heavy atom. The number of anilines is 1. The summed E-state index contributed by atoms with van der Waals surface area (Å²) in [6.07, 6.45) is 0. The molecule has 8 nitrogen and oxygen atoms in total. The highest BCUT2D eigenvalue weighted by Gasteiger charge is 2.09. The van der Waals surface area contributed by atoms with Crippen LogP contribution in [0.3, 0.4) is 0 Å². The Hall–Kier alpha value is -3.20. The normalized spacial score (nSPS) is 10.2. The molecule has 9 heteroatoms. The molecule has 4 N–H and O–H groups in total. The van der Waals surface area contributed by atoms with E-state index in [-0.39, 0.29) is 29.9 Å². The van der Waals surface area contributed by atoms with Crippen molar-refractivity contribution in [1.82, 2.24) is 5.32 Å². The average Bonchev–Trinajstić information content (AvgIpc) is 2.70. The van der Waals surface area contributed by atoms with Crippen LogP contribution in [0.2, 0.25) is 0 Å². The first kappa shape index (κ1) is 23.1. The predicted molar refractivity (Wildman–Crippen MR) is 117 cm³/mol. The molecule has 0 aliphatic rings. The molecule has 2 rings (SSSR count). The summed E-state index contributed by atoms with van der Waals surface area (Å²) in [4.78, 5) is 34.8. The van der Waals surface area contributed by atoms with Crippen molar-refractivity contribution < 1.29 is 23.9 Å². The maximum atomic E-state index is 12.0. The maximum Gasteiger partial charge on any atom is 0.255 e. The number of nitrogens with one attached hydrogen (secondary N) is 2. The summed E-state index contributed by atoms with van der Waals surface area (Å²) >= 11 is 1.23. The van der Waals surface area contributed by atoms with Gasteiger partial charge >= 0.3 is 0 Å². The predicted octanol–water partition coefficient (Wildman–Crippen LogP) is 1.86. The molecule has 3 amide bonds. The third-order valence-corrected chi connectivity index (χ3v) is 4.79. The van der Waals surface area contributed by atoms with Crippen molar-refractivity contribution in [2.45, 2.75) is 13.5 Å². The molecule has 0 bridgehead atoms. The van der Waals surface area contributed by atoms with E-state index in [0.717, 1.165) is 16.8 Å². The van der Waals surface area contributed by atoms with E-state index in [9.17, 15) is 14.4 Å². The summed E-state index contributed by atoms with van der Waals surface area (Å²) < 4.78 is 10.5. The van der Waals surface area contributed by atoms with Crippen molar-refractivity contribution in [2.24, 2.45) is 5.73 Å². The lowest BCUT2D eigenvalue weighted by molar-refractivity contribution is -0.120. The van der Waals surface area contributed by atoms with Gasteiger partial charge < -0.3 is 25.8 Å².